The first-order valence-electron chi connectivity index (χ1n) is 4.92. The molecule has 1 aromatic heterocycles. The van der Waals surface area contributed by atoms with Crippen molar-refractivity contribution in [2.24, 2.45) is 0 Å². The summed E-state index contributed by atoms with van der Waals surface area (Å²) < 4.78 is 6.35. The van der Waals surface area contributed by atoms with Crippen molar-refractivity contribution in [3.63, 3.8) is 0 Å². The number of ether oxygens (including phenoxy) is 1. The monoisotopic (exact) mass is 367 g/mol. The fourth-order valence-corrected chi connectivity index (χ4v) is 3.50. The van der Waals surface area contributed by atoms with E-state index < -0.39 is 0 Å². The van der Waals surface area contributed by atoms with E-state index in [9.17, 15) is 4.79 Å². The van der Waals surface area contributed by atoms with Crippen LogP contribution in [-0.2, 0) is 4.74 Å². The minimum Gasteiger partial charge on any atom is -0.377 e. The molecule has 0 aromatic carbocycles. The molecule has 0 bridgehead atoms. The van der Waals surface area contributed by atoms with Crippen LogP contribution < -0.4 is 0 Å². The lowest BCUT2D eigenvalue weighted by molar-refractivity contribution is 0.00552. The van der Waals surface area contributed by atoms with Gasteiger partial charge in [-0.2, -0.15) is 0 Å². The third-order valence-corrected chi connectivity index (χ3v) is 4.81. The Hall–Kier alpha value is 0.0900. The van der Waals surface area contributed by atoms with Crippen molar-refractivity contribution in [3.05, 3.63) is 20.8 Å². The summed E-state index contributed by atoms with van der Waals surface area (Å²) in [7, 11) is 0. The summed E-state index contributed by atoms with van der Waals surface area (Å²) in [6, 6.07) is 3.90. The first-order valence-corrected chi connectivity index (χ1v) is 7.65. The van der Waals surface area contributed by atoms with Crippen LogP contribution in [0.25, 0.3) is 0 Å². The summed E-state index contributed by atoms with van der Waals surface area (Å²) in [6.45, 7) is 1.91. The molecule has 1 saturated heterocycles. The summed E-state index contributed by atoms with van der Waals surface area (Å²) in [6.07, 6.45) is 0. The van der Waals surface area contributed by atoms with E-state index in [1.54, 1.807) is 0 Å². The quantitative estimate of drug-likeness (QED) is 0.751. The van der Waals surface area contributed by atoms with Gasteiger partial charge in [0.25, 0.3) is 5.91 Å². The molecule has 0 spiro atoms. The Morgan fingerprint density at radius 2 is 2.44 bits per heavy atom. The van der Waals surface area contributed by atoms with Gasteiger partial charge in [-0.1, -0.05) is 15.9 Å². The third kappa shape index (κ3) is 2.67. The molecule has 88 valence electrons. The van der Waals surface area contributed by atoms with Gasteiger partial charge < -0.3 is 9.64 Å². The number of morpholine rings is 1. The van der Waals surface area contributed by atoms with Gasteiger partial charge >= 0.3 is 0 Å². The van der Waals surface area contributed by atoms with E-state index in [-0.39, 0.29) is 11.9 Å². The highest BCUT2D eigenvalue weighted by Gasteiger charge is 2.27. The van der Waals surface area contributed by atoms with E-state index >= 15 is 0 Å². The van der Waals surface area contributed by atoms with Gasteiger partial charge in [0.2, 0.25) is 0 Å². The van der Waals surface area contributed by atoms with Crippen LogP contribution in [0, 0.1) is 0 Å². The van der Waals surface area contributed by atoms with Crippen molar-refractivity contribution in [1.82, 2.24) is 4.90 Å². The Morgan fingerprint density at radius 1 is 1.62 bits per heavy atom. The standard InChI is InChI=1S/C10H11Br2NO2S/c11-5-7-6-15-4-3-13(7)10(14)8-1-2-9(12)16-8/h1-2,7H,3-6H2. The molecule has 1 unspecified atom stereocenters. The number of halogens is 2. The maximum atomic E-state index is 12.2. The molecule has 16 heavy (non-hydrogen) atoms. The highest BCUT2D eigenvalue weighted by molar-refractivity contribution is 9.11. The Labute approximate surface area is 115 Å². The molecule has 6 heteroatoms. The van der Waals surface area contributed by atoms with Gasteiger partial charge in [-0.3, -0.25) is 4.79 Å². The van der Waals surface area contributed by atoms with Gasteiger partial charge in [-0.15, -0.1) is 11.3 Å². The molecule has 0 saturated carbocycles. The zero-order valence-electron chi connectivity index (χ0n) is 8.49. The van der Waals surface area contributed by atoms with E-state index in [1.165, 1.54) is 11.3 Å². The molecule has 2 heterocycles. The van der Waals surface area contributed by atoms with Crippen molar-refractivity contribution < 1.29 is 9.53 Å². The number of thiophene rings is 1. The molecule has 2 rings (SSSR count). The van der Waals surface area contributed by atoms with E-state index in [4.69, 9.17) is 4.74 Å². The fraction of sp³-hybridized carbons (Fsp3) is 0.500. The second kappa shape index (κ2) is 5.62. The lowest BCUT2D eigenvalue weighted by Gasteiger charge is -2.34. The molecule has 3 nitrogen and oxygen atoms in total. The number of carbonyl (C=O) groups excluding carboxylic acids is 1. The Kier molecular flexibility index (Phi) is 4.41. The van der Waals surface area contributed by atoms with Crippen LogP contribution in [0.15, 0.2) is 15.9 Å². The molecule has 0 N–H and O–H groups in total. The molecule has 1 aromatic rings. The normalized spacial score (nSPS) is 21.1. The van der Waals surface area contributed by atoms with Gasteiger partial charge in [0, 0.05) is 11.9 Å². The van der Waals surface area contributed by atoms with Crippen molar-refractivity contribution in [1.29, 1.82) is 0 Å². The maximum absolute atomic E-state index is 12.2. The Morgan fingerprint density at radius 3 is 3.06 bits per heavy atom. The lowest BCUT2D eigenvalue weighted by atomic mass is 10.2. The van der Waals surface area contributed by atoms with Crippen molar-refractivity contribution in [2.75, 3.05) is 25.1 Å². The van der Waals surface area contributed by atoms with Crippen LogP contribution >= 0.6 is 43.2 Å². The van der Waals surface area contributed by atoms with Crippen LogP contribution in [0.4, 0.5) is 0 Å². The predicted octanol–water partition coefficient (Wildman–Crippen LogP) is 2.75. The van der Waals surface area contributed by atoms with E-state index in [0.717, 1.165) is 14.0 Å². The number of hydrogen-bond acceptors (Lipinski definition) is 3. The molecule has 0 radical (unpaired) electrons. The van der Waals surface area contributed by atoms with E-state index in [0.29, 0.717) is 19.8 Å². The summed E-state index contributed by atoms with van der Waals surface area (Å²) >= 11 is 8.26. The first-order chi connectivity index (χ1) is 7.72. The summed E-state index contributed by atoms with van der Waals surface area (Å²) in [5, 5.41) is 0.755. The second-order valence-corrected chi connectivity index (χ2v) is 6.60. The van der Waals surface area contributed by atoms with Crippen molar-refractivity contribution in [3.8, 4) is 0 Å². The third-order valence-electron chi connectivity index (χ3n) is 2.45. The SMILES string of the molecule is O=C(c1ccc(Br)s1)N1CCOCC1CBr. The van der Waals surface area contributed by atoms with Crippen LogP contribution in [0.3, 0.4) is 0 Å². The lowest BCUT2D eigenvalue weighted by Crippen LogP contribution is -2.49. The number of nitrogens with zero attached hydrogens (tertiary/aromatic N) is 1. The van der Waals surface area contributed by atoms with Crippen LogP contribution in [0.5, 0.6) is 0 Å². The molecule has 1 aliphatic heterocycles. The summed E-state index contributed by atoms with van der Waals surface area (Å²) in [5.41, 5.74) is 0. The molecule has 0 aliphatic carbocycles. The second-order valence-electron chi connectivity index (χ2n) is 3.49. The average molecular weight is 369 g/mol. The zero-order valence-corrected chi connectivity index (χ0v) is 12.5. The molecule has 1 amide bonds. The van der Waals surface area contributed by atoms with Crippen LogP contribution in [0.2, 0.25) is 0 Å². The average Bonchev–Trinajstić information content (AvgIpc) is 2.75. The van der Waals surface area contributed by atoms with Crippen LogP contribution in [0.1, 0.15) is 9.67 Å². The molecule has 1 aliphatic rings. The Bertz CT molecular complexity index is 383. The first kappa shape index (κ1) is 12.5. The van der Waals surface area contributed by atoms with Gasteiger partial charge in [-0.05, 0) is 28.1 Å². The van der Waals surface area contributed by atoms with Gasteiger partial charge in [0.1, 0.15) is 0 Å². The van der Waals surface area contributed by atoms with Crippen molar-refractivity contribution >= 4 is 49.1 Å². The topological polar surface area (TPSA) is 29.5 Å². The zero-order chi connectivity index (χ0) is 11.5. The molecular weight excluding hydrogens is 358 g/mol. The van der Waals surface area contributed by atoms with E-state index in [1.807, 2.05) is 17.0 Å². The molecule has 1 fully saturated rings. The summed E-state index contributed by atoms with van der Waals surface area (Å²) in [4.78, 5) is 14.9. The number of carbonyl (C=O) groups is 1. The van der Waals surface area contributed by atoms with E-state index in [2.05, 4.69) is 31.9 Å². The predicted molar refractivity (Wildman–Crippen MR) is 71.5 cm³/mol. The number of rotatable bonds is 2. The molecule has 1 atom stereocenters. The van der Waals surface area contributed by atoms with Gasteiger partial charge in [-0.25, -0.2) is 0 Å². The number of alkyl halides is 1. The number of hydrogen-bond donors (Lipinski definition) is 0. The minimum atomic E-state index is 0.100. The summed E-state index contributed by atoms with van der Waals surface area (Å²) in [5.74, 6) is 0.100. The number of amides is 1. The largest absolute Gasteiger partial charge is 0.377 e. The van der Waals surface area contributed by atoms with Gasteiger partial charge in [0.15, 0.2) is 0 Å². The van der Waals surface area contributed by atoms with Crippen LogP contribution in [-0.4, -0.2) is 41.9 Å². The smallest absolute Gasteiger partial charge is 0.264 e. The highest BCUT2D eigenvalue weighted by Crippen LogP contribution is 2.24. The minimum absolute atomic E-state index is 0.100. The fourth-order valence-electron chi connectivity index (χ4n) is 1.62. The van der Waals surface area contributed by atoms with Crippen molar-refractivity contribution in [2.45, 2.75) is 6.04 Å². The maximum Gasteiger partial charge on any atom is 0.264 e. The molecular formula is C10H11Br2NO2S. The Balaban J connectivity index is 2.13. The highest BCUT2D eigenvalue weighted by atomic mass is 79.9. The van der Waals surface area contributed by atoms with Gasteiger partial charge in [0.05, 0.1) is 27.9 Å².